The van der Waals surface area contributed by atoms with Gasteiger partial charge in [0, 0.05) is 19.6 Å². The molecule has 0 aromatic carbocycles. The quantitative estimate of drug-likeness (QED) is 0.0501. The van der Waals surface area contributed by atoms with Gasteiger partial charge in [-0.1, -0.05) is 0 Å². The molecule has 0 spiro atoms. The number of aliphatic hydroxyl groups is 1. The highest BCUT2D eigenvalue weighted by molar-refractivity contribution is 5.96. The van der Waals surface area contributed by atoms with Crippen molar-refractivity contribution in [1.82, 2.24) is 20.4 Å². The number of nitrogens with one attached hydrogen (secondary N) is 2. The van der Waals surface area contributed by atoms with Gasteiger partial charge >= 0.3 is 5.97 Å². The molecule has 2 saturated heterocycles. The van der Waals surface area contributed by atoms with Gasteiger partial charge in [0.15, 0.2) is 5.96 Å². The van der Waals surface area contributed by atoms with Crippen LogP contribution in [0.5, 0.6) is 0 Å². The number of amides is 4. The van der Waals surface area contributed by atoms with E-state index in [-0.39, 0.29) is 38.4 Å². The largest absolute Gasteiger partial charge is 0.480 e. The summed E-state index contributed by atoms with van der Waals surface area (Å²) in [7, 11) is 0. The van der Waals surface area contributed by atoms with E-state index in [1.807, 2.05) is 0 Å². The molecule has 2 aliphatic rings. The number of carbonyl (C=O) groups excluding carboxylic acids is 4. The first-order valence-corrected chi connectivity index (χ1v) is 14.5. The van der Waals surface area contributed by atoms with Crippen LogP contribution in [0.1, 0.15) is 64.7 Å². The van der Waals surface area contributed by atoms with Gasteiger partial charge in [0.25, 0.3) is 0 Å². The molecule has 0 saturated carbocycles. The topological polar surface area (TPSA) is 273 Å². The normalized spacial score (nSPS) is 21.2. The third-order valence-corrected chi connectivity index (χ3v) is 7.60. The lowest BCUT2D eigenvalue weighted by Gasteiger charge is -2.31. The van der Waals surface area contributed by atoms with E-state index in [4.69, 9.17) is 22.9 Å². The van der Waals surface area contributed by atoms with E-state index in [1.165, 1.54) is 16.7 Å². The van der Waals surface area contributed by atoms with E-state index in [0.29, 0.717) is 51.5 Å². The number of nitrogens with zero attached hydrogens (tertiary/aromatic N) is 3. The molecule has 2 aliphatic heterocycles. The molecule has 2 rings (SSSR count). The Labute approximate surface area is 245 Å². The molecule has 0 bridgehead atoms. The third kappa shape index (κ3) is 9.80. The molecule has 16 nitrogen and oxygen atoms in total. The molecular weight excluding hydrogens is 550 g/mol. The summed E-state index contributed by atoms with van der Waals surface area (Å²) in [4.78, 5) is 71.4. The predicted octanol–water partition coefficient (Wildman–Crippen LogP) is -3.09. The van der Waals surface area contributed by atoms with Crippen molar-refractivity contribution in [2.24, 2.45) is 27.9 Å². The summed E-state index contributed by atoms with van der Waals surface area (Å²) in [5.74, 6) is -3.47. The lowest BCUT2D eigenvalue weighted by Crippen LogP contribution is -2.58. The number of hydrogen-bond acceptors (Lipinski definition) is 9. The Kier molecular flexibility index (Phi) is 13.9. The number of likely N-dealkylation sites (tertiary alicyclic amines) is 2. The molecule has 2 heterocycles. The Hall–Kier alpha value is -3.50. The van der Waals surface area contributed by atoms with Crippen molar-refractivity contribution in [2.45, 2.75) is 101 Å². The second-order valence-electron chi connectivity index (χ2n) is 10.8. The van der Waals surface area contributed by atoms with Gasteiger partial charge < -0.3 is 53.6 Å². The minimum absolute atomic E-state index is 0.116. The van der Waals surface area contributed by atoms with Crippen LogP contribution in [0.2, 0.25) is 0 Å². The van der Waals surface area contributed by atoms with Gasteiger partial charge in [-0.05, 0) is 71.3 Å². The zero-order valence-electron chi connectivity index (χ0n) is 24.2. The lowest BCUT2D eigenvalue weighted by atomic mass is 10.0. The first kappa shape index (κ1) is 34.7. The van der Waals surface area contributed by atoms with Crippen LogP contribution in [0.25, 0.3) is 0 Å². The van der Waals surface area contributed by atoms with Gasteiger partial charge in [-0.15, -0.1) is 0 Å². The number of aliphatic hydroxyl groups excluding tert-OH is 1. The molecule has 0 unspecified atom stereocenters. The third-order valence-electron chi connectivity index (χ3n) is 7.60. The van der Waals surface area contributed by atoms with Gasteiger partial charge in [0.1, 0.15) is 30.2 Å². The number of aliphatic carboxylic acids is 1. The van der Waals surface area contributed by atoms with Gasteiger partial charge in [0.05, 0.1) is 6.10 Å². The zero-order chi connectivity index (χ0) is 31.4. The van der Waals surface area contributed by atoms with Crippen LogP contribution >= 0.6 is 0 Å². The van der Waals surface area contributed by atoms with Crippen LogP contribution in [0.15, 0.2) is 4.99 Å². The van der Waals surface area contributed by atoms with Gasteiger partial charge in [-0.25, -0.2) is 4.79 Å². The Balaban J connectivity index is 2.21. The maximum Gasteiger partial charge on any atom is 0.326 e. The maximum atomic E-state index is 13.6. The molecule has 16 heteroatoms. The molecule has 12 N–H and O–H groups in total. The van der Waals surface area contributed by atoms with Crippen molar-refractivity contribution in [3.8, 4) is 0 Å². The second kappa shape index (κ2) is 16.8. The number of guanidine groups is 1. The number of carboxylic acids is 1. The molecule has 42 heavy (non-hydrogen) atoms. The average molecular weight is 598 g/mol. The van der Waals surface area contributed by atoms with Crippen LogP contribution < -0.4 is 33.6 Å². The van der Waals surface area contributed by atoms with Gasteiger partial charge in [0.2, 0.25) is 23.6 Å². The zero-order valence-corrected chi connectivity index (χ0v) is 24.2. The Morgan fingerprint density at radius 2 is 1.45 bits per heavy atom. The second-order valence-corrected chi connectivity index (χ2v) is 10.8. The Morgan fingerprint density at radius 3 is 2.00 bits per heavy atom. The summed E-state index contributed by atoms with van der Waals surface area (Å²) in [6.07, 6.45) is 2.48. The van der Waals surface area contributed by atoms with Crippen LogP contribution in [-0.4, -0.2) is 118 Å². The summed E-state index contributed by atoms with van der Waals surface area (Å²) in [6.45, 7) is 2.49. The van der Waals surface area contributed by atoms with Crippen molar-refractivity contribution in [1.29, 1.82) is 0 Å². The minimum Gasteiger partial charge on any atom is -0.480 e. The minimum atomic E-state index is -1.24. The van der Waals surface area contributed by atoms with Crippen molar-refractivity contribution in [3.05, 3.63) is 0 Å². The molecule has 0 radical (unpaired) electrons. The van der Waals surface area contributed by atoms with E-state index in [2.05, 4.69) is 15.6 Å². The monoisotopic (exact) mass is 597 g/mol. The molecule has 0 aromatic rings. The molecule has 4 amide bonds. The molecular formula is C26H47N9O7. The number of nitrogens with two attached hydrogens (primary N) is 4. The average Bonchev–Trinajstić information content (AvgIpc) is 3.63. The van der Waals surface area contributed by atoms with Crippen molar-refractivity contribution in [2.75, 3.05) is 26.2 Å². The number of carboxylic acid groups (broad SMARTS) is 1. The molecule has 0 aliphatic carbocycles. The van der Waals surface area contributed by atoms with E-state index in [0.717, 1.165) is 0 Å². The summed E-state index contributed by atoms with van der Waals surface area (Å²) in [5, 5.41) is 24.6. The van der Waals surface area contributed by atoms with Crippen LogP contribution in [0.4, 0.5) is 0 Å². The molecule has 0 aromatic heterocycles. The van der Waals surface area contributed by atoms with E-state index >= 15 is 0 Å². The summed E-state index contributed by atoms with van der Waals surface area (Å²) < 4.78 is 0. The number of unbranched alkanes of at least 4 members (excludes halogenated alkanes) is 1. The fraction of sp³-hybridized carbons (Fsp3) is 0.769. The Morgan fingerprint density at radius 1 is 0.905 bits per heavy atom. The summed E-state index contributed by atoms with van der Waals surface area (Å²) >= 11 is 0. The highest BCUT2D eigenvalue weighted by atomic mass is 16.4. The van der Waals surface area contributed by atoms with Crippen molar-refractivity contribution in [3.63, 3.8) is 0 Å². The first-order chi connectivity index (χ1) is 19.9. The van der Waals surface area contributed by atoms with Gasteiger partial charge in [-0.2, -0.15) is 0 Å². The molecule has 2 fully saturated rings. The fourth-order valence-electron chi connectivity index (χ4n) is 5.26. The van der Waals surface area contributed by atoms with Crippen LogP contribution in [0.3, 0.4) is 0 Å². The fourth-order valence-corrected chi connectivity index (χ4v) is 5.26. The van der Waals surface area contributed by atoms with Crippen molar-refractivity contribution >= 4 is 35.6 Å². The number of hydrogen-bond donors (Lipinski definition) is 8. The maximum absolute atomic E-state index is 13.6. The SMILES string of the molecule is C[C@@H](O)[C@H](N)C(=O)N[C@@H](CCCCN)C(=O)N1CCC[C@H]1C(=O)N[C@@H](CCCN=C(N)N)C(=O)N1CCC[C@H]1C(=O)O. The molecule has 6 atom stereocenters. The number of aliphatic imine (C=N–C) groups is 1. The van der Waals surface area contributed by atoms with Gasteiger partial charge in [-0.3, -0.25) is 24.2 Å². The van der Waals surface area contributed by atoms with E-state index in [1.54, 1.807) is 0 Å². The first-order valence-electron chi connectivity index (χ1n) is 14.5. The van der Waals surface area contributed by atoms with Crippen LogP contribution in [0, 0.1) is 0 Å². The van der Waals surface area contributed by atoms with E-state index in [9.17, 15) is 34.2 Å². The smallest absolute Gasteiger partial charge is 0.326 e. The summed E-state index contributed by atoms with van der Waals surface area (Å²) in [5.41, 5.74) is 22.1. The standard InChI is InChI=1S/C26H47N9O7/c1-15(36)20(28)22(38)33-16(7-2-3-11-27)23(39)34-13-5-9-18(34)21(37)32-17(8-4-12-31-26(29)30)24(40)35-14-6-10-19(35)25(41)42/h15-20,36H,2-14,27-28H2,1H3,(H,32,37)(H,33,38)(H,41,42)(H4,29,30,31)/t15-,16+,17+,18+,19+,20+/m1/s1. The highest BCUT2D eigenvalue weighted by Crippen LogP contribution is 2.22. The lowest BCUT2D eigenvalue weighted by molar-refractivity contribution is -0.150. The van der Waals surface area contributed by atoms with E-state index < -0.39 is 65.9 Å². The number of carbonyl (C=O) groups is 5. The number of rotatable bonds is 16. The molecule has 238 valence electrons. The Bertz CT molecular complexity index is 989. The highest BCUT2D eigenvalue weighted by Gasteiger charge is 2.41. The van der Waals surface area contributed by atoms with Crippen molar-refractivity contribution < 1.29 is 34.2 Å². The summed E-state index contributed by atoms with van der Waals surface area (Å²) in [6, 6.07) is -5.16. The van der Waals surface area contributed by atoms with Crippen LogP contribution in [-0.2, 0) is 24.0 Å². The predicted molar refractivity (Wildman–Crippen MR) is 153 cm³/mol.